The molecular weight excluding hydrogens is 432 g/mol. The first-order valence-electron chi connectivity index (χ1n) is 10.2. The van der Waals surface area contributed by atoms with E-state index in [0.717, 1.165) is 43.4 Å². The number of rotatable bonds is 5. The van der Waals surface area contributed by atoms with Gasteiger partial charge in [0.1, 0.15) is 10.8 Å². The van der Waals surface area contributed by atoms with Gasteiger partial charge in [-0.25, -0.2) is 0 Å². The van der Waals surface area contributed by atoms with Crippen LogP contribution in [0, 0.1) is 0 Å². The predicted octanol–water partition coefficient (Wildman–Crippen LogP) is 6.18. The van der Waals surface area contributed by atoms with E-state index in [0.29, 0.717) is 26.8 Å². The Hall–Kier alpha value is -2.83. The van der Waals surface area contributed by atoms with Crippen molar-refractivity contribution in [3.05, 3.63) is 75.1 Å². The number of anilines is 2. The van der Waals surface area contributed by atoms with Gasteiger partial charge in [0.15, 0.2) is 0 Å². The number of carbonyl (C=O) groups is 2. The summed E-state index contributed by atoms with van der Waals surface area (Å²) in [6, 6.07) is 14.1. The number of methoxy groups -OCH3 is 1. The van der Waals surface area contributed by atoms with E-state index in [1.807, 2.05) is 0 Å². The molecule has 1 aliphatic rings. The summed E-state index contributed by atoms with van der Waals surface area (Å²) in [5.41, 5.74) is 2.65. The monoisotopic (exact) mass is 454 g/mol. The number of thiophene rings is 1. The molecule has 0 atom stereocenters. The summed E-state index contributed by atoms with van der Waals surface area (Å²) in [7, 11) is 1.60. The van der Waals surface area contributed by atoms with Crippen LogP contribution in [0.5, 0.6) is 5.75 Å². The maximum Gasteiger partial charge on any atom is 0.258 e. The number of nitrogens with one attached hydrogen (secondary N) is 2. The van der Waals surface area contributed by atoms with Gasteiger partial charge in [0, 0.05) is 10.6 Å². The van der Waals surface area contributed by atoms with E-state index in [1.54, 1.807) is 55.6 Å². The van der Waals surface area contributed by atoms with E-state index in [4.69, 9.17) is 16.3 Å². The second kappa shape index (κ2) is 9.54. The van der Waals surface area contributed by atoms with Gasteiger partial charge in [0.2, 0.25) is 0 Å². The highest BCUT2D eigenvalue weighted by Crippen LogP contribution is 2.38. The molecule has 5 nitrogen and oxygen atoms in total. The lowest BCUT2D eigenvalue weighted by molar-refractivity contribution is 0.102. The van der Waals surface area contributed by atoms with Crippen molar-refractivity contribution in [3.63, 3.8) is 0 Å². The summed E-state index contributed by atoms with van der Waals surface area (Å²) in [4.78, 5) is 27.4. The highest BCUT2D eigenvalue weighted by Gasteiger charge is 2.26. The lowest BCUT2D eigenvalue weighted by atomic mass is 10.0. The van der Waals surface area contributed by atoms with Crippen LogP contribution >= 0.6 is 22.9 Å². The topological polar surface area (TPSA) is 67.4 Å². The molecule has 160 valence electrons. The summed E-state index contributed by atoms with van der Waals surface area (Å²) >= 11 is 7.69. The van der Waals surface area contributed by atoms with Crippen LogP contribution in [0.1, 0.15) is 50.4 Å². The number of aryl methyl sites for hydroxylation is 1. The summed E-state index contributed by atoms with van der Waals surface area (Å²) < 4.78 is 5.18. The van der Waals surface area contributed by atoms with Gasteiger partial charge in [-0.05, 0) is 67.6 Å². The molecule has 0 spiro atoms. The molecular formula is C24H23ClN2O3S. The summed E-state index contributed by atoms with van der Waals surface area (Å²) in [5.74, 6) is 0.176. The van der Waals surface area contributed by atoms with Gasteiger partial charge in [-0.3, -0.25) is 9.59 Å². The summed E-state index contributed by atoms with van der Waals surface area (Å²) in [5, 5.41) is 6.86. The number of amides is 2. The minimum Gasteiger partial charge on any atom is -0.497 e. The van der Waals surface area contributed by atoms with Crippen molar-refractivity contribution in [2.45, 2.75) is 32.1 Å². The van der Waals surface area contributed by atoms with E-state index in [-0.39, 0.29) is 11.8 Å². The molecule has 0 saturated heterocycles. The first-order valence-corrected chi connectivity index (χ1v) is 11.4. The molecule has 0 saturated carbocycles. The normalized spacial score (nSPS) is 13.1. The molecule has 1 aliphatic carbocycles. The largest absolute Gasteiger partial charge is 0.497 e. The number of halogens is 1. The zero-order valence-corrected chi connectivity index (χ0v) is 18.7. The van der Waals surface area contributed by atoms with Crippen LogP contribution in [0.4, 0.5) is 10.7 Å². The van der Waals surface area contributed by atoms with Crippen molar-refractivity contribution < 1.29 is 14.3 Å². The Morgan fingerprint density at radius 2 is 1.68 bits per heavy atom. The Morgan fingerprint density at radius 3 is 2.42 bits per heavy atom. The van der Waals surface area contributed by atoms with Crippen LogP contribution in [-0.2, 0) is 12.8 Å². The molecule has 1 aromatic heterocycles. The molecule has 3 aromatic rings. The second-order valence-electron chi connectivity index (χ2n) is 7.39. The Balaban J connectivity index is 1.66. The van der Waals surface area contributed by atoms with Gasteiger partial charge in [-0.1, -0.05) is 30.2 Å². The SMILES string of the molecule is COc1ccc(NC(=O)c2c(NC(=O)c3ccccc3Cl)sc3c2CCCCC3)cc1. The molecule has 31 heavy (non-hydrogen) atoms. The van der Waals surface area contributed by atoms with Crippen LogP contribution in [0.25, 0.3) is 0 Å². The van der Waals surface area contributed by atoms with E-state index in [1.165, 1.54) is 16.2 Å². The lowest BCUT2D eigenvalue weighted by Gasteiger charge is -2.11. The lowest BCUT2D eigenvalue weighted by Crippen LogP contribution is -2.18. The van der Waals surface area contributed by atoms with E-state index in [9.17, 15) is 9.59 Å². The van der Waals surface area contributed by atoms with Crippen molar-refractivity contribution >= 4 is 45.4 Å². The number of benzene rings is 2. The highest BCUT2D eigenvalue weighted by atomic mass is 35.5. The fourth-order valence-electron chi connectivity index (χ4n) is 3.75. The number of carbonyl (C=O) groups excluding carboxylic acids is 2. The number of hydrogen-bond donors (Lipinski definition) is 2. The molecule has 1 heterocycles. The number of hydrogen-bond acceptors (Lipinski definition) is 4. The molecule has 7 heteroatoms. The third-order valence-electron chi connectivity index (χ3n) is 5.34. The molecule has 2 N–H and O–H groups in total. The van der Waals surface area contributed by atoms with Gasteiger partial charge in [0.25, 0.3) is 11.8 Å². The van der Waals surface area contributed by atoms with Crippen molar-refractivity contribution in [3.8, 4) is 5.75 Å². The van der Waals surface area contributed by atoms with E-state index >= 15 is 0 Å². The molecule has 0 fully saturated rings. The minimum atomic E-state index is -0.319. The van der Waals surface area contributed by atoms with Crippen LogP contribution < -0.4 is 15.4 Å². The average Bonchev–Trinajstić information content (AvgIpc) is 2.95. The molecule has 0 radical (unpaired) electrons. The van der Waals surface area contributed by atoms with Gasteiger partial charge in [0.05, 0.1) is 23.3 Å². The van der Waals surface area contributed by atoms with Crippen molar-refractivity contribution in [1.29, 1.82) is 0 Å². The smallest absolute Gasteiger partial charge is 0.258 e. The van der Waals surface area contributed by atoms with Crippen molar-refractivity contribution in [2.75, 3.05) is 17.7 Å². The third-order valence-corrected chi connectivity index (χ3v) is 6.88. The molecule has 4 rings (SSSR count). The quantitative estimate of drug-likeness (QED) is 0.452. The second-order valence-corrected chi connectivity index (χ2v) is 8.90. The highest BCUT2D eigenvalue weighted by molar-refractivity contribution is 7.17. The fraction of sp³-hybridized carbons (Fsp3) is 0.250. The Bertz CT molecular complexity index is 1110. The molecule has 0 unspecified atom stereocenters. The fourth-order valence-corrected chi connectivity index (χ4v) is 5.26. The molecule has 0 aliphatic heterocycles. The van der Waals surface area contributed by atoms with Crippen LogP contribution in [0.15, 0.2) is 48.5 Å². The van der Waals surface area contributed by atoms with Crippen molar-refractivity contribution in [2.24, 2.45) is 0 Å². The maximum atomic E-state index is 13.3. The zero-order valence-electron chi connectivity index (χ0n) is 17.2. The molecule has 2 aromatic carbocycles. The van der Waals surface area contributed by atoms with Crippen molar-refractivity contribution in [1.82, 2.24) is 0 Å². The van der Waals surface area contributed by atoms with Gasteiger partial charge < -0.3 is 15.4 Å². The average molecular weight is 455 g/mol. The summed E-state index contributed by atoms with van der Waals surface area (Å²) in [6.45, 7) is 0. The Morgan fingerprint density at radius 1 is 0.935 bits per heavy atom. The summed E-state index contributed by atoms with van der Waals surface area (Å²) in [6.07, 6.45) is 5.02. The van der Waals surface area contributed by atoms with Crippen LogP contribution in [0.2, 0.25) is 5.02 Å². The van der Waals surface area contributed by atoms with Gasteiger partial charge >= 0.3 is 0 Å². The maximum absolute atomic E-state index is 13.3. The first-order chi connectivity index (χ1) is 15.1. The van der Waals surface area contributed by atoms with Gasteiger partial charge in [-0.15, -0.1) is 11.3 Å². The minimum absolute atomic E-state index is 0.223. The first kappa shape index (κ1) is 21.4. The third kappa shape index (κ3) is 4.75. The predicted molar refractivity (Wildman–Crippen MR) is 126 cm³/mol. The number of ether oxygens (including phenoxy) is 1. The molecule has 0 bridgehead atoms. The van der Waals surface area contributed by atoms with E-state index < -0.39 is 0 Å². The Kier molecular flexibility index (Phi) is 6.59. The van der Waals surface area contributed by atoms with E-state index in [2.05, 4.69) is 10.6 Å². The van der Waals surface area contributed by atoms with Crippen LogP contribution in [0.3, 0.4) is 0 Å². The zero-order chi connectivity index (χ0) is 21.8. The standard InChI is InChI=1S/C24H23ClN2O3S/c1-30-16-13-11-15(12-14-16)26-23(29)21-18-8-3-2-4-10-20(18)31-24(21)27-22(28)17-7-5-6-9-19(17)25/h5-7,9,11-14H,2-4,8,10H2,1H3,(H,26,29)(H,27,28). The number of fused-ring (bicyclic) bond motifs is 1. The Labute approximate surface area is 190 Å². The van der Waals surface area contributed by atoms with Gasteiger partial charge in [-0.2, -0.15) is 0 Å². The molecule has 2 amide bonds. The van der Waals surface area contributed by atoms with Crippen LogP contribution in [-0.4, -0.2) is 18.9 Å².